The second-order valence-corrected chi connectivity index (χ2v) is 12.7. The van der Waals surface area contributed by atoms with E-state index in [-0.39, 0.29) is 8.06 Å². The monoisotopic (exact) mass is 256 g/mol. The molecule has 0 fully saturated rings. The quantitative estimate of drug-likeness (QED) is 0.442. The van der Waals surface area contributed by atoms with Crippen molar-refractivity contribution in [2.24, 2.45) is 0 Å². The second kappa shape index (κ2) is 3.11. The molecule has 0 aliphatic carbocycles. The van der Waals surface area contributed by atoms with E-state index in [1.54, 1.807) is 0 Å². The molecule has 0 saturated carbocycles. The molecule has 0 aromatic carbocycles. The topological polar surface area (TPSA) is 0 Å². The van der Waals surface area contributed by atoms with Gasteiger partial charge in [0.25, 0.3) is 0 Å². The van der Waals surface area contributed by atoms with Crippen LogP contribution in [0.15, 0.2) is 0 Å². The summed E-state index contributed by atoms with van der Waals surface area (Å²) in [6.07, 6.45) is 0. The number of hydrogen-bond donors (Lipinski definition) is 1. The Bertz CT molecular complexity index is 54.4. The summed E-state index contributed by atoms with van der Waals surface area (Å²) >= 11 is 9.34. The van der Waals surface area contributed by atoms with Crippen molar-refractivity contribution in [2.75, 3.05) is 0 Å². The Kier molecular flexibility index (Phi) is 4.60. The molecule has 0 aliphatic heterocycles. The normalized spacial score (nSPS) is 10.8. The summed E-state index contributed by atoms with van der Waals surface area (Å²) in [5, 5.41) is 0. The molecule has 0 radical (unpaired) electrons. The minimum atomic E-state index is 0.132. The van der Waals surface area contributed by atoms with Gasteiger partial charge in [-0.1, -0.05) is 0 Å². The molecule has 4 heteroatoms. The molecule has 4 heavy (non-hydrogen) atoms. The first-order chi connectivity index (χ1) is 1.73. The van der Waals surface area contributed by atoms with E-state index in [1.165, 1.54) is 0 Å². The van der Waals surface area contributed by atoms with Gasteiger partial charge >= 0.3 is 46.4 Å². The predicted octanol–water partition coefficient (Wildman–Crippen LogP) is -0.384. The van der Waals surface area contributed by atoms with E-state index in [2.05, 4.69) is 38.4 Å². The van der Waals surface area contributed by atoms with Crippen LogP contribution in [0.2, 0.25) is 0 Å². The number of rotatable bonds is 0. The van der Waals surface area contributed by atoms with Crippen LogP contribution >= 0.6 is 11.0 Å². The van der Waals surface area contributed by atoms with E-state index in [0.29, 0.717) is 0 Å². The summed E-state index contributed by atoms with van der Waals surface area (Å²) in [4.78, 5) is 0. The molecule has 0 saturated heterocycles. The van der Waals surface area contributed by atoms with Crippen molar-refractivity contribution in [3.05, 3.63) is 0 Å². The van der Waals surface area contributed by atoms with Crippen LogP contribution in [0, 0.1) is 0 Å². The molecule has 0 spiro atoms. The molecular formula is HCuSSe2. The van der Waals surface area contributed by atoms with Gasteiger partial charge in [0.1, 0.15) is 0 Å². The average molecular weight is 255 g/mol. The Morgan fingerprint density at radius 3 is 1.50 bits per heavy atom. The van der Waals surface area contributed by atoms with E-state index >= 15 is 0 Å². The third kappa shape index (κ3) is 9.08. The van der Waals surface area contributed by atoms with Gasteiger partial charge in [-0.3, -0.25) is 0 Å². The molecule has 0 N–H and O–H groups in total. The van der Waals surface area contributed by atoms with Crippen LogP contribution in [0.3, 0.4) is 0 Å². The van der Waals surface area contributed by atoms with E-state index in [9.17, 15) is 0 Å². The van der Waals surface area contributed by atoms with Crippen molar-refractivity contribution in [1.29, 1.82) is 0 Å². The van der Waals surface area contributed by atoms with Crippen LogP contribution in [0.1, 0.15) is 0 Å². The molecule has 0 heterocycles. The molecule has 0 rings (SSSR count). The zero-order chi connectivity index (χ0) is 3.58. The summed E-state index contributed by atoms with van der Waals surface area (Å²) in [6, 6.07) is 0. The minimum absolute atomic E-state index is 0.132. The summed E-state index contributed by atoms with van der Waals surface area (Å²) in [7, 11) is 0.132. The van der Waals surface area contributed by atoms with Crippen LogP contribution in [0.5, 0.6) is 0 Å². The van der Waals surface area contributed by atoms with Crippen LogP contribution in [0.25, 0.3) is 0 Å². The van der Waals surface area contributed by atoms with Crippen molar-refractivity contribution >= 4 is 38.4 Å². The average Bonchev–Trinajstić information content (AvgIpc) is 0.811. The first-order valence-electron chi connectivity index (χ1n) is 0.381. The molecule has 0 aliphatic rings. The molecule has 0 nitrogen and oxygen atoms in total. The fraction of sp³-hybridized carbons (Fsp3) is 0. The maximum absolute atomic E-state index is 3.88. The predicted molar refractivity (Wildman–Crippen MR) is 20.5 cm³/mol. The second-order valence-electron chi connectivity index (χ2n) is 0.160. The number of thiol groups is 1. The van der Waals surface area contributed by atoms with Crippen LogP contribution < -0.4 is 0 Å². The van der Waals surface area contributed by atoms with Gasteiger partial charge in [0.15, 0.2) is 0 Å². The Hall–Kier alpha value is 1.91. The van der Waals surface area contributed by atoms with Gasteiger partial charge in [0.2, 0.25) is 0 Å². The van der Waals surface area contributed by atoms with Crippen molar-refractivity contribution in [3.8, 4) is 0 Å². The molecule has 0 amide bonds. The van der Waals surface area contributed by atoms with Gasteiger partial charge in [-0.15, -0.1) is 0 Å². The summed E-state index contributed by atoms with van der Waals surface area (Å²) in [5.74, 6) is 0. The SMILES string of the molecule is [SH][Cu](=[Se])=[Se]. The first-order valence-corrected chi connectivity index (χ1v) is 6.94. The fourth-order valence-corrected chi connectivity index (χ4v) is 0. The van der Waals surface area contributed by atoms with Gasteiger partial charge in [0, 0.05) is 0 Å². The molecule has 0 aromatic rings. The molecule has 30 valence electrons. The molecule has 0 unspecified atom stereocenters. The van der Waals surface area contributed by atoms with Gasteiger partial charge in [-0.05, 0) is 0 Å². The van der Waals surface area contributed by atoms with Gasteiger partial charge in [-0.25, -0.2) is 0 Å². The first kappa shape index (κ1) is 5.91. The van der Waals surface area contributed by atoms with E-state index in [4.69, 9.17) is 0 Å². The standard InChI is InChI=1S/Cu.H2S.2Se/h;1H2;;/q+1;;;/p-1. The Morgan fingerprint density at radius 2 is 1.50 bits per heavy atom. The Morgan fingerprint density at radius 1 is 1.50 bits per heavy atom. The maximum atomic E-state index is 3.88. The van der Waals surface area contributed by atoms with E-state index in [0.717, 1.165) is 0 Å². The zero-order valence-electron chi connectivity index (χ0n) is 1.57. The fourth-order valence-electron chi connectivity index (χ4n) is 0. The summed E-state index contributed by atoms with van der Waals surface area (Å²) in [6.45, 7) is 0. The van der Waals surface area contributed by atoms with Gasteiger partial charge in [-0.2, -0.15) is 0 Å². The zero-order valence-corrected chi connectivity index (χ0v) is 6.83. The number of hydrogen-bond acceptors (Lipinski definition) is 1. The van der Waals surface area contributed by atoms with Crippen molar-refractivity contribution < 1.29 is 8.06 Å². The van der Waals surface area contributed by atoms with Gasteiger partial charge < -0.3 is 0 Å². The van der Waals surface area contributed by atoms with Crippen molar-refractivity contribution in [2.45, 2.75) is 0 Å². The third-order valence-corrected chi connectivity index (χ3v) is 0. The summed E-state index contributed by atoms with van der Waals surface area (Å²) in [5.41, 5.74) is 0. The Balaban J connectivity index is 3.51. The van der Waals surface area contributed by atoms with Crippen molar-refractivity contribution in [1.82, 2.24) is 0 Å². The van der Waals surface area contributed by atoms with Crippen LogP contribution in [-0.4, -0.2) is 27.3 Å². The third-order valence-electron chi connectivity index (χ3n) is 0. The van der Waals surface area contributed by atoms with E-state index < -0.39 is 0 Å². The molecule has 0 atom stereocenters. The van der Waals surface area contributed by atoms with Gasteiger partial charge in [0.05, 0.1) is 0 Å². The molecule has 0 bridgehead atoms. The van der Waals surface area contributed by atoms with E-state index in [1.807, 2.05) is 0 Å². The molecule has 0 aromatic heterocycles. The van der Waals surface area contributed by atoms with Crippen LogP contribution in [-0.2, 0) is 8.06 Å². The Labute approximate surface area is 46.1 Å². The molecular weight excluding hydrogens is 254 g/mol. The summed E-state index contributed by atoms with van der Waals surface area (Å²) < 4.78 is 0. The van der Waals surface area contributed by atoms with Crippen LogP contribution in [0.4, 0.5) is 0 Å². The van der Waals surface area contributed by atoms with Crippen molar-refractivity contribution in [3.63, 3.8) is 0 Å².